The highest BCUT2D eigenvalue weighted by molar-refractivity contribution is 9.10. The highest BCUT2D eigenvalue weighted by Gasteiger charge is 2.11. The maximum atomic E-state index is 11.2. The van der Waals surface area contributed by atoms with Gasteiger partial charge in [0.15, 0.2) is 0 Å². The van der Waals surface area contributed by atoms with Crippen molar-refractivity contribution in [3.8, 4) is 5.75 Å². The third-order valence-corrected chi connectivity index (χ3v) is 3.08. The number of carboxylic acid groups (broad SMARTS) is 1. The molecule has 0 saturated heterocycles. The molecule has 2 aromatic carbocycles. The predicted molar refractivity (Wildman–Crippen MR) is 77.4 cm³/mol. The summed E-state index contributed by atoms with van der Waals surface area (Å²) in [4.78, 5) is 11.2. The van der Waals surface area contributed by atoms with Crippen LogP contribution in [0.3, 0.4) is 0 Å². The molecule has 0 radical (unpaired) electrons. The Morgan fingerprint density at radius 3 is 2.63 bits per heavy atom. The van der Waals surface area contributed by atoms with E-state index in [1.165, 1.54) is 0 Å². The number of anilines is 2. The summed E-state index contributed by atoms with van der Waals surface area (Å²) < 4.78 is 6.12. The van der Waals surface area contributed by atoms with Crippen molar-refractivity contribution in [3.05, 3.63) is 52.5 Å². The fraction of sp³-hybridized carbons (Fsp3) is 0.0714. The molecular formula is C14H12BrNO3. The highest BCUT2D eigenvalue weighted by Crippen LogP contribution is 2.31. The summed E-state index contributed by atoms with van der Waals surface area (Å²) in [6.07, 6.45) is 0. The van der Waals surface area contributed by atoms with E-state index in [0.29, 0.717) is 17.1 Å². The number of para-hydroxylation sites is 1. The van der Waals surface area contributed by atoms with Crippen molar-refractivity contribution >= 4 is 33.3 Å². The fourth-order valence-corrected chi connectivity index (χ4v) is 2.06. The van der Waals surface area contributed by atoms with Gasteiger partial charge in [0.2, 0.25) is 0 Å². The number of rotatable bonds is 4. The lowest BCUT2D eigenvalue weighted by atomic mass is 10.1. The maximum absolute atomic E-state index is 11.2. The van der Waals surface area contributed by atoms with E-state index in [1.807, 2.05) is 12.1 Å². The number of benzene rings is 2. The van der Waals surface area contributed by atoms with Crippen molar-refractivity contribution in [3.63, 3.8) is 0 Å². The first-order chi connectivity index (χ1) is 9.11. The normalized spacial score (nSPS) is 10.0. The minimum atomic E-state index is -0.975. The number of hydrogen-bond donors (Lipinski definition) is 2. The summed E-state index contributed by atoms with van der Waals surface area (Å²) in [5.74, 6) is -0.333. The molecule has 2 N–H and O–H groups in total. The van der Waals surface area contributed by atoms with E-state index in [2.05, 4.69) is 21.2 Å². The van der Waals surface area contributed by atoms with Gasteiger partial charge in [0.25, 0.3) is 0 Å². The van der Waals surface area contributed by atoms with E-state index in [0.717, 1.165) is 4.47 Å². The number of carboxylic acids is 1. The summed E-state index contributed by atoms with van der Waals surface area (Å²) in [6.45, 7) is 0. The summed E-state index contributed by atoms with van der Waals surface area (Å²) in [5.41, 5.74) is 1.43. The van der Waals surface area contributed by atoms with E-state index in [-0.39, 0.29) is 5.56 Å². The van der Waals surface area contributed by atoms with Gasteiger partial charge in [-0.1, -0.05) is 28.1 Å². The Bertz CT molecular complexity index is 613. The van der Waals surface area contributed by atoms with E-state index in [1.54, 1.807) is 37.4 Å². The molecule has 2 rings (SSSR count). The van der Waals surface area contributed by atoms with Crippen molar-refractivity contribution in [2.75, 3.05) is 12.4 Å². The molecule has 0 fully saturated rings. The molecule has 0 unspecified atom stereocenters. The van der Waals surface area contributed by atoms with E-state index in [9.17, 15) is 4.79 Å². The average Bonchev–Trinajstić information content (AvgIpc) is 2.39. The number of ether oxygens (including phenoxy) is 1. The van der Waals surface area contributed by atoms with Gasteiger partial charge in [0.1, 0.15) is 5.75 Å². The van der Waals surface area contributed by atoms with Crippen LogP contribution in [0.25, 0.3) is 0 Å². The van der Waals surface area contributed by atoms with Crippen LogP contribution in [0.1, 0.15) is 10.4 Å². The zero-order valence-corrected chi connectivity index (χ0v) is 11.8. The van der Waals surface area contributed by atoms with Gasteiger partial charge in [0, 0.05) is 4.47 Å². The van der Waals surface area contributed by atoms with E-state index in [4.69, 9.17) is 9.84 Å². The van der Waals surface area contributed by atoms with Gasteiger partial charge in [-0.15, -0.1) is 0 Å². The van der Waals surface area contributed by atoms with Gasteiger partial charge >= 0.3 is 5.97 Å². The third-order valence-electron chi connectivity index (χ3n) is 2.59. The monoisotopic (exact) mass is 321 g/mol. The van der Waals surface area contributed by atoms with Crippen LogP contribution in [0.5, 0.6) is 5.75 Å². The molecule has 0 bridgehead atoms. The summed E-state index contributed by atoms with van der Waals surface area (Å²) in [7, 11) is 1.57. The predicted octanol–water partition coefficient (Wildman–Crippen LogP) is 3.90. The van der Waals surface area contributed by atoms with E-state index >= 15 is 0 Å². The van der Waals surface area contributed by atoms with Crippen LogP contribution in [-0.4, -0.2) is 18.2 Å². The van der Waals surface area contributed by atoms with Crippen molar-refractivity contribution in [1.82, 2.24) is 0 Å². The van der Waals surface area contributed by atoms with Crippen LogP contribution in [-0.2, 0) is 0 Å². The van der Waals surface area contributed by atoms with Gasteiger partial charge in [-0.25, -0.2) is 4.79 Å². The van der Waals surface area contributed by atoms with Gasteiger partial charge in [-0.3, -0.25) is 0 Å². The molecule has 98 valence electrons. The van der Waals surface area contributed by atoms with Crippen LogP contribution in [0.4, 0.5) is 11.4 Å². The highest BCUT2D eigenvalue weighted by atomic mass is 79.9. The Morgan fingerprint density at radius 2 is 1.95 bits per heavy atom. The second-order valence-electron chi connectivity index (χ2n) is 3.82. The zero-order chi connectivity index (χ0) is 13.8. The first kappa shape index (κ1) is 13.4. The molecule has 0 atom stereocenters. The van der Waals surface area contributed by atoms with Gasteiger partial charge < -0.3 is 15.2 Å². The number of aromatic carboxylic acids is 1. The molecule has 0 amide bonds. The second kappa shape index (κ2) is 5.75. The molecule has 4 nitrogen and oxygen atoms in total. The Kier molecular flexibility index (Phi) is 4.06. The Morgan fingerprint density at radius 1 is 1.21 bits per heavy atom. The van der Waals surface area contributed by atoms with Crippen LogP contribution < -0.4 is 10.1 Å². The minimum Gasteiger partial charge on any atom is -0.495 e. The van der Waals surface area contributed by atoms with Gasteiger partial charge in [-0.05, 0) is 30.3 Å². The average molecular weight is 322 g/mol. The first-order valence-electron chi connectivity index (χ1n) is 5.54. The molecule has 0 aliphatic heterocycles. The number of nitrogens with one attached hydrogen (secondary N) is 1. The van der Waals surface area contributed by atoms with Gasteiger partial charge in [-0.2, -0.15) is 0 Å². The molecule has 2 aromatic rings. The third kappa shape index (κ3) is 3.06. The van der Waals surface area contributed by atoms with Crippen LogP contribution in [0, 0.1) is 0 Å². The molecule has 0 heterocycles. The summed E-state index contributed by atoms with van der Waals surface area (Å²) in [5, 5.41) is 12.2. The summed E-state index contributed by atoms with van der Waals surface area (Å²) >= 11 is 3.37. The minimum absolute atomic E-state index is 0.213. The number of carbonyl (C=O) groups is 1. The molecule has 0 aliphatic carbocycles. The smallest absolute Gasteiger partial charge is 0.337 e. The lowest BCUT2D eigenvalue weighted by Gasteiger charge is -2.13. The lowest BCUT2D eigenvalue weighted by Crippen LogP contribution is -2.03. The molecule has 0 aliphatic rings. The molecular weight excluding hydrogens is 310 g/mol. The first-order valence-corrected chi connectivity index (χ1v) is 6.34. The molecule has 0 spiro atoms. The number of hydrogen-bond acceptors (Lipinski definition) is 3. The Balaban J connectivity index is 2.41. The largest absolute Gasteiger partial charge is 0.495 e. The SMILES string of the molecule is COc1ccc(Br)cc1Nc1ccccc1C(=O)O. The zero-order valence-electron chi connectivity index (χ0n) is 10.2. The number of halogens is 1. The van der Waals surface area contributed by atoms with E-state index < -0.39 is 5.97 Å². The van der Waals surface area contributed by atoms with Crippen LogP contribution >= 0.6 is 15.9 Å². The molecule has 0 saturated carbocycles. The van der Waals surface area contributed by atoms with Crippen LogP contribution in [0.15, 0.2) is 46.9 Å². The van der Waals surface area contributed by atoms with Crippen molar-refractivity contribution in [2.45, 2.75) is 0 Å². The topological polar surface area (TPSA) is 58.6 Å². The molecule has 0 aromatic heterocycles. The van der Waals surface area contributed by atoms with Crippen LogP contribution in [0.2, 0.25) is 0 Å². The molecule has 19 heavy (non-hydrogen) atoms. The Labute approximate surface area is 119 Å². The quantitative estimate of drug-likeness (QED) is 0.896. The fourth-order valence-electron chi connectivity index (χ4n) is 1.70. The molecule has 5 heteroatoms. The maximum Gasteiger partial charge on any atom is 0.337 e. The van der Waals surface area contributed by atoms with Gasteiger partial charge in [0.05, 0.1) is 24.0 Å². The summed E-state index contributed by atoms with van der Waals surface area (Å²) in [6, 6.07) is 12.2. The Hall–Kier alpha value is -2.01. The van der Waals surface area contributed by atoms with Crippen molar-refractivity contribution in [2.24, 2.45) is 0 Å². The van der Waals surface area contributed by atoms with Crippen molar-refractivity contribution < 1.29 is 14.6 Å². The lowest BCUT2D eigenvalue weighted by molar-refractivity contribution is 0.0698. The standard InChI is InChI=1S/C14H12BrNO3/c1-19-13-7-6-9(15)8-12(13)16-11-5-3-2-4-10(11)14(17)18/h2-8,16H,1H3,(H,17,18). The second-order valence-corrected chi connectivity index (χ2v) is 4.74. The van der Waals surface area contributed by atoms with Crippen molar-refractivity contribution in [1.29, 1.82) is 0 Å². The number of methoxy groups -OCH3 is 1.